The number of imide groups is 1. The highest BCUT2D eigenvalue weighted by atomic mass is 16.2. The first kappa shape index (κ1) is 22.6. The smallest absolute Gasteiger partial charge is 0.263 e. The molecule has 8 nitrogen and oxygen atoms in total. The molecule has 0 unspecified atom stereocenters. The lowest BCUT2D eigenvalue weighted by molar-refractivity contribution is -0.122. The Bertz CT molecular complexity index is 1160. The molecule has 33 heavy (non-hydrogen) atoms. The fourth-order valence-corrected chi connectivity index (χ4v) is 4.29. The van der Waals surface area contributed by atoms with Gasteiger partial charge in [0.05, 0.1) is 28.2 Å². The average molecular weight is 448 g/mol. The van der Waals surface area contributed by atoms with Crippen molar-refractivity contribution in [2.24, 2.45) is 13.0 Å². The first-order valence-electron chi connectivity index (χ1n) is 11.4. The SMILES string of the molecule is CC(C)[C@@H](NC(=O)CCCCCN1C(=O)c2ccncc2C1=O)c1nc2ccccc2n1C. The Hall–Kier alpha value is -3.55. The van der Waals surface area contributed by atoms with Gasteiger partial charge in [0.15, 0.2) is 0 Å². The first-order valence-corrected chi connectivity index (χ1v) is 11.4. The molecule has 0 radical (unpaired) electrons. The standard InChI is InChI=1S/C25H29N5O3/c1-16(2)22(23-27-19-9-6-7-10-20(19)29(23)3)28-21(31)11-5-4-8-14-30-24(32)17-12-13-26-15-18(17)25(30)33/h6-7,9-10,12-13,15-16,22H,4-5,8,11,14H2,1-3H3,(H,28,31)/t22-/m1/s1. The minimum Gasteiger partial charge on any atom is -0.346 e. The van der Waals surface area contributed by atoms with Crippen molar-refractivity contribution >= 4 is 28.8 Å². The maximum Gasteiger partial charge on any atom is 0.263 e. The van der Waals surface area contributed by atoms with Crippen molar-refractivity contribution in [3.05, 3.63) is 59.7 Å². The van der Waals surface area contributed by atoms with Crippen molar-refractivity contribution in [2.45, 2.75) is 45.6 Å². The van der Waals surface area contributed by atoms with E-state index in [-0.39, 0.29) is 29.7 Å². The molecule has 4 rings (SSSR count). The van der Waals surface area contributed by atoms with Crippen LogP contribution in [0.1, 0.15) is 72.1 Å². The van der Waals surface area contributed by atoms with Crippen LogP contribution in [0, 0.1) is 5.92 Å². The van der Waals surface area contributed by atoms with Gasteiger partial charge in [-0.15, -0.1) is 0 Å². The summed E-state index contributed by atoms with van der Waals surface area (Å²) in [6.45, 7) is 4.49. The highest BCUT2D eigenvalue weighted by Crippen LogP contribution is 2.25. The summed E-state index contributed by atoms with van der Waals surface area (Å²) in [6, 6.07) is 9.34. The molecule has 172 valence electrons. The number of rotatable bonds is 9. The molecule has 0 fully saturated rings. The summed E-state index contributed by atoms with van der Waals surface area (Å²) in [5.41, 5.74) is 2.73. The topological polar surface area (TPSA) is 97.2 Å². The Morgan fingerprint density at radius 2 is 1.79 bits per heavy atom. The van der Waals surface area contributed by atoms with Crippen LogP contribution in [0.5, 0.6) is 0 Å². The highest BCUT2D eigenvalue weighted by Gasteiger charge is 2.34. The molecule has 8 heteroatoms. The number of nitrogens with zero attached hydrogens (tertiary/aromatic N) is 4. The van der Waals surface area contributed by atoms with E-state index in [9.17, 15) is 14.4 Å². The van der Waals surface area contributed by atoms with Crippen molar-refractivity contribution in [1.29, 1.82) is 0 Å². The number of amides is 3. The maximum absolute atomic E-state index is 12.7. The highest BCUT2D eigenvalue weighted by molar-refractivity contribution is 6.21. The molecule has 1 atom stereocenters. The van der Waals surface area contributed by atoms with Gasteiger partial charge in [-0.3, -0.25) is 24.3 Å². The number of fused-ring (bicyclic) bond motifs is 2. The number of nitrogens with one attached hydrogen (secondary N) is 1. The Balaban J connectivity index is 1.27. The fraction of sp³-hybridized carbons (Fsp3) is 0.400. The van der Waals surface area contributed by atoms with Crippen LogP contribution in [0.2, 0.25) is 0 Å². The Morgan fingerprint density at radius 3 is 2.52 bits per heavy atom. The molecule has 0 aliphatic carbocycles. The Labute approximate surface area is 193 Å². The molecular formula is C25H29N5O3. The number of hydrogen-bond donors (Lipinski definition) is 1. The van der Waals surface area contributed by atoms with Crippen LogP contribution in [0.25, 0.3) is 11.0 Å². The van der Waals surface area contributed by atoms with Gasteiger partial charge in [0, 0.05) is 32.4 Å². The summed E-state index contributed by atoms with van der Waals surface area (Å²) in [4.78, 5) is 47.4. The zero-order valence-corrected chi connectivity index (χ0v) is 19.2. The number of carbonyl (C=O) groups is 3. The number of aryl methyl sites for hydroxylation is 1. The molecule has 3 heterocycles. The van der Waals surface area contributed by atoms with Crippen LogP contribution in [0.15, 0.2) is 42.7 Å². The molecule has 3 aromatic rings. The van der Waals surface area contributed by atoms with Gasteiger partial charge in [-0.25, -0.2) is 4.98 Å². The first-order chi connectivity index (χ1) is 15.9. The van der Waals surface area contributed by atoms with E-state index >= 15 is 0 Å². The minimum absolute atomic E-state index is 0.0208. The summed E-state index contributed by atoms with van der Waals surface area (Å²) in [6.07, 6.45) is 5.44. The van der Waals surface area contributed by atoms with E-state index in [2.05, 4.69) is 24.1 Å². The fourth-order valence-electron chi connectivity index (χ4n) is 4.29. The third-order valence-corrected chi connectivity index (χ3v) is 6.14. The monoisotopic (exact) mass is 447 g/mol. The predicted octanol–water partition coefficient (Wildman–Crippen LogP) is 3.64. The third-order valence-electron chi connectivity index (χ3n) is 6.14. The van der Waals surface area contributed by atoms with Crippen molar-refractivity contribution in [1.82, 2.24) is 24.8 Å². The minimum atomic E-state index is -0.289. The van der Waals surface area contributed by atoms with E-state index in [0.717, 1.165) is 23.3 Å². The van der Waals surface area contributed by atoms with Crippen LogP contribution < -0.4 is 5.32 Å². The van der Waals surface area contributed by atoms with Crippen LogP contribution in [-0.4, -0.2) is 43.7 Å². The number of benzene rings is 1. The zero-order valence-electron chi connectivity index (χ0n) is 19.2. The number of hydrogen-bond acceptors (Lipinski definition) is 5. The van der Waals surface area contributed by atoms with Crippen molar-refractivity contribution in [2.75, 3.05) is 6.54 Å². The van der Waals surface area contributed by atoms with Gasteiger partial charge in [-0.1, -0.05) is 32.4 Å². The van der Waals surface area contributed by atoms with Crippen molar-refractivity contribution < 1.29 is 14.4 Å². The Kier molecular flexibility index (Phi) is 6.53. The lowest BCUT2D eigenvalue weighted by atomic mass is 10.0. The number of imidazole rings is 1. The molecule has 1 aliphatic rings. The van der Waals surface area contributed by atoms with Crippen molar-refractivity contribution in [3.63, 3.8) is 0 Å². The molecule has 0 saturated carbocycles. The second-order valence-corrected chi connectivity index (χ2v) is 8.80. The van der Waals surface area contributed by atoms with Gasteiger partial charge in [-0.05, 0) is 37.0 Å². The zero-order chi connectivity index (χ0) is 23.5. The van der Waals surface area contributed by atoms with Crippen LogP contribution in [0.3, 0.4) is 0 Å². The summed E-state index contributed by atoms with van der Waals surface area (Å²) in [5, 5.41) is 3.14. The van der Waals surface area contributed by atoms with Gasteiger partial charge in [0.25, 0.3) is 11.8 Å². The molecular weight excluding hydrogens is 418 g/mol. The second-order valence-electron chi connectivity index (χ2n) is 8.80. The molecule has 0 saturated heterocycles. The third kappa shape index (κ3) is 4.51. The van der Waals surface area contributed by atoms with E-state index in [1.165, 1.54) is 17.3 Å². The largest absolute Gasteiger partial charge is 0.346 e. The normalized spacial score (nSPS) is 14.2. The molecule has 0 bridgehead atoms. The van der Waals surface area contributed by atoms with Crippen LogP contribution in [0.4, 0.5) is 0 Å². The molecule has 1 aromatic carbocycles. The van der Waals surface area contributed by atoms with Crippen LogP contribution >= 0.6 is 0 Å². The number of pyridine rings is 1. The number of carbonyl (C=O) groups excluding carboxylic acids is 3. The molecule has 0 spiro atoms. The summed E-state index contributed by atoms with van der Waals surface area (Å²) in [5.74, 6) is 0.459. The van der Waals surface area contributed by atoms with Crippen LogP contribution in [-0.2, 0) is 11.8 Å². The van der Waals surface area contributed by atoms with Gasteiger partial charge in [-0.2, -0.15) is 0 Å². The van der Waals surface area contributed by atoms with Gasteiger partial charge < -0.3 is 9.88 Å². The second kappa shape index (κ2) is 9.52. The van der Waals surface area contributed by atoms with E-state index in [1.54, 1.807) is 6.07 Å². The molecule has 3 amide bonds. The lowest BCUT2D eigenvalue weighted by Gasteiger charge is -2.22. The van der Waals surface area contributed by atoms with E-state index in [0.29, 0.717) is 36.9 Å². The van der Waals surface area contributed by atoms with Gasteiger partial charge in [0.1, 0.15) is 5.82 Å². The number of para-hydroxylation sites is 2. The molecule has 1 N–H and O–H groups in total. The summed E-state index contributed by atoms with van der Waals surface area (Å²) in [7, 11) is 1.97. The summed E-state index contributed by atoms with van der Waals surface area (Å²) >= 11 is 0. The number of unbranched alkanes of at least 4 members (excludes halogenated alkanes) is 2. The molecule has 1 aliphatic heterocycles. The maximum atomic E-state index is 12.7. The quantitative estimate of drug-likeness (QED) is 0.399. The van der Waals surface area contributed by atoms with E-state index < -0.39 is 0 Å². The van der Waals surface area contributed by atoms with E-state index in [1.807, 2.05) is 35.9 Å². The van der Waals surface area contributed by atoms with Gasteiger partial charge >= 0.3 is 0 Å². The van der Waals surface area contributed by atoms with E-state index in [4.69, 9.17) is 4.98 Å². The van der Waals surface area contributed by atoms with Gasteiger partial charge in [0.2, 0.25) is 5.91 Å². The predicted molar refractivity (Wildman–Crippen MR) is 125 cm³/mol. The lowest BCUT2D eigenvalue weighted by Crippen LogP contribution is -2.33. The van der Waals surface area contributed by atoms with Crippen molar-refractivity contribution in [3.8, 4) is 0 Å². The number of aromatic nitrogens is 3. The summed E-state index contributed by atoms with van der Waals surface area (Å²) < 4.78 is 2.04. The Morgan fingerprint density at radius 1 is 1.03 bits per heavy atom. The molecule has 2 aromatic heterocycles. The average Bonchev–Trinajstić information content (AvgIpc) is 3.26.